The fraction of sp³-hybridized carbons (Fsp3) is 0.0909. The van der Waals surface area contributed by atoms with E-state index in [0.29, 0.717) is 0 Å². The average Bonchev–Trinajstić information content (AvgIpc) is 2.17. The van der Waals surface area contributed by atoms with Gasteiger partial charge in [-0.05, 0) is 18.2 Å². The molecule has 1 aromatic rings. The molecule has 0 saturated heterocycles. The van der Waals surface area contributed by atoms with Crippen LogP contribution in [0.1, 0.15) is 5.69 Å². The summed E-state index contributed by atoms with van der Waals surface area (Å²) in [6.45, 7) is 4.60. The Bertz CT molecular complexity index is 382. The molecule has 0 fully saturated rings. The number of pyridine rings is 1. The highest BCUT2D eigenvalue weighted by atomic mass is 15.0. The molecule has 0 atom stereocenters. The minimum atomic E-state index is 0.946. The quantitative estimate of drug-likeness (QED) is 0.397. The summed E-state index contributed by atoms with van der Waals surface area (Å²) in [7, 11) is 0. The Balaban J connectivity index is 2.65. The van der Waals surface area contributed by atoms with E-state index in [1.165, 1.54) is 5.69 Å². The Morgan fingerprint density at radius 2 is 2.33 bits per heavy atom. The number of hydrogen-bond donors (Lipinski definition) is 0. The SMILES string of the molecule is C=C=C1C=CC[n+]2ccccc21. The Hall–Kier alpha value is -1.59. The molecule has 1 aliphatic rings. The van der Waals surface area contributed by atoms with Crippen molar-refractivity contribution in [1.82, 2.24) is 0 Å². The highest BCUT2D eigenvalue weighted by Gasteiger charge is 2.14. The number of aromatic nitrogens is 1. The molecule has 12 heavy (non-hydrogen) atoms. The lowest BCUT2D eigenvalue weighted by Gasteiger charge is -2.04. The zero-order valence-corrected chi connectivity index (χ0v) is 6.83. The third kappa shape index (κ3) is 1.01. The molecule has 2 rings (SSSR count). The van der Waals surface area contributed by atoms with Crippen LogP contribution >= 0.6 is 0 Å². The van der Waals surface area contributed by atoms with Crippen LogP contribution in [-0.2, 0) is 6.54 Å². The lowest BCUT2D eigenvalue weighted by Crippen LogP contribution is -2.38. The van der Waals surface area contributed by atoms with E-state index in [2.05, 4.69) is 41.3 Å². The second-order valence-corrected chi connectivity index (χ2v) is 2.73. The van der Waals surface area contributed by atoms with Gasteiger partial charge in [-0.15, -0.1) is 5.73 Å². The van der Waals surface area contributed by atoms with Crippen molar-refractivity contribution in [3.05, 3.63) is 54.6 Å². The van der Waals surface area contributed by atoms with Crippen molar-refractivity contribution in [2.75, 3.05) is 0 Å². The second kappa shape index (κ2) is 2.80. The molecule has 0 amide bonds. The largest absolute Gasteiger partial charge is 0.220 e. The van der Waals surface area contributed by atoms with E-state index in [9.17, 15) is 0 Å². The molecule has 1 aliphatic heterocycles. The van der Waals surface area contributed by atoms with E-state index in [1.54, 1.807) is 0 Å². The van der Waals surface area contributed by atoms with Crippen LogP contribution in [0, 0.1) is 0 Å². The van der Waals surface area contributed by atoms with Gasteiger partial charge in [0, 0.05) is 12.1 Å². The van der Waals surface area contributed by atoms with Gasteiger partial charge in [-0.1, -0.05) is 6.58 Å². The van der Waals surface area contributed by atoms with Gasteiger partial charge >= 0.3 is 0 Å². The van der Waals surface area contributed by atoms with Crippen LogP contribution in [0.15, 0.2) is 48.9 Å². The Morgan fingerprint density at radius 1 is 1.42 bits per heavy atom. The van der Waals surface area contributed by atoms with Crippen molar-refractivity contribution in [2.24, 2.45) is 0 Å². The van der Waals surface area contributed by atoms with Crippen LogP contribution in [0.25, 0.3) is 5.57 Å². The molecule has 0 aliphatic carbocycles. The predicted molar refractivity (Wildman–Crippen MR) is 48.3 cm³/mol. The number of hydrogen-bond acceptors (Lipinski definition) is 0. The van der Waals surface area contributed by atoms with E-state index in [-0.39, 0.29) is 0 Å². The minimum absolute atomic E-state index is 0.946. The molecular formula is C11H10N+. The summed E-state index contributed by atoms with van der Waals surface area (Å²) in [5.74, 6) is 0. The lowest BCUT2D eigenvalue weighted by molar-refractivity contribution is -0.690. The topological polar surface area (TPSA) is 3.88 Å². The molecule has 1 heteroatoms. The summed E-state index contributed by atoms with van der Waals surface area (Å²) in [5, 5.41) is 0. The first kappa shape index (κ1) is 7.08. The maximum Gasteiger partial charge on any atom is 0.220 e. The van der Waals surface area contributed by atoms with Crippen LogP contribution in [0.4, 0.5) is 0 Å². The average molecular weight is 156 g/mol. The first-order valence-electron chi connectivity index (χ1n) is 3.97. The van der Waals surface area contributed by atoms with E-state index in [1.807, 2.05) is 12.1 Å². The van der Waals surface area contributed by atoms with Crippen LogP contribution in [-0.4, -0.2) is 0 Å². The molecule has 0 spiro atoms. The fourth-order valence-corrected chi connectivity index (χ4v) is 1.40. The molecular weight excluding hydrogens is 146 g/mol. The maximum absolute atomic E-state index is 3.66. The highest BCUT2D eigenvalue weighted by molar-refractivity contribution is 5.69. The molecule has 1 aromatic heterocycles. The van der Waals surface area contributed by atoms with Crippen LogP contribution in [0.2, 0.25) is 0 Å². The summed E-state index contributed by atoms with van der Waals surface area (Å²) < 4.78 is 2.17. The predicted octanol–water partition coefficient (Wildman–Crippen LogP) is 1.71. The minimum Gasteiger partial charge on any atom is -0.194 e. The normalized spacial score (nSPS) is 13.8. The van der Waals surface area contributed by atoms with E-state index < -0.39 is 0 Å². The van der Waals surface area contributed by atoms with Crippen molar-refractivity contribution in [3.63, 3.8) is 0 Å². The van der Waals surface area contributed by atoms with Gasteiger partial charge in [-0.25, -0.2) is 0 Å². The highest BCUT2D eigenvalue weighted by Crippen LogP contribution is 2.12. The van der Waals surface area contributed by atoms with E-state index in [0.717, 1.165) is 12.1 Å². The zero-order valence-electron chi connectivity index (χ0n) is 6.83. The Kier molecular flexibility index (Phi) is 1.65. The first-order chi connectivity index (χ1) is 5.92. The third-order valence-corrected chi connectivity index (χ3v) is 1.99. The summed E-state index contributed by atoms with van der Waals surface area (Å²) >= 11 is 0. The van der Waals surface area contributed by atoms with Gasteiger partial charge in [0.15, 0.2) is 12.7 Å². The molecule has 0 aromatic carbocycles. The number of nitrogens with zero attached hydrogens (tertiary/aromatic N) is 1. The molecule has 0 bridgehead atoms. The Morgan fingerprint density at radius 3 is 3.17 bits per heavy atom. The van der Waals surface area contributed by atoms with Gasteiger partial charge in [-0.2, -0.15) is 4.57 Å². The lowest BCUT2D eigenvalue weighted by atomic mass is 10.1. The molecule has 58 valence electrons. The van der Waals surface area contributed by atoms with Crippen molar-refractivity contribution in [2.45, 2.75) is 6.54 Å². The number of fused-ring (bicyclic) bond motifs is 1. The molecule has 2 heterocycles. The molecule has 0 unspecified atom stereocenters. The van der Waals surface area contributed by atoms with Gasteiger partial charge in [-0.3, -0.25) is 0 Å². The monoisotopic (exact) mass is 156 g/mol. The zero-order chi connectivity index (χ0) is 8.39. The fourth-order valence-electron chi connectivity index (χ4n) is 1.40. The molecule has 0 saturated carbocycles. The Labute approximate surface area is 72.0 Å². The summed E-state index contributed by atoms with van der Waals surface area (Å²) in [4.78, 5) is 0. The van der Waals surface area contributed by atoms with Gasteiger partial charge < -0.3 is 0 Å². The smallest absolute Gasteiger partial charge is 0.194 e. The third-order valence-electron chi connectivity index (χ3n) is 1.99. The number of allylic oxidation sites excluding steroid dienone is 3. The molecule has 0 radical (unpaired) electrons. The van der Waals surface area contributed by atoms with Crippen molar-refractivity contribution in [3.8, 4) is 0 Å². The van der Waals surface area contributed by atoms with Gasteiger partial charge in [0.05, 0.1) is 5.57 Å². The van der Waals surface area contributed by atoms with Crippen LogP contribution in [0.3, 0.4) is 0 Å². The summed E-state index contributed by atoms with van der Waals surface area (Å²) in [6.07, 6.45) is 6.24. The first-order valence-corrected chi connectivity index (χ1v) is 3.97. The van der Waals surface area contributed by atoms with Gasteiger partial charge in [0.25, 0.3) is 0 Å². The van der Waals surface area contributed by atoms with E-state index >= 15 is 0 Å². The van der Waals surface area contributed by atoms with Crippen molar-refractivity contribution >= 4 is 5.57 Å². The van der Waals surface area contributed by atoms with Crippen molar-refractivity contribution in [1.29, 1.82) is 0 Å². The van der Waals surface area contributed by atoms with Crippen LogP contribution < -0.4 is 4.57 Å². The second-order valence-electron chi connectivity index (χ2n) is 2.73. The number of rotatable bonds is 0. The molecule has 1 nitrogen and oxygen atoms in total. The van der Waals surface area contributed by atoms with Gasteiger partial charge in [0.1, 0.15) is 0 Å². The maximum atomic E-state index is 3.66. The summed E-state index contributed by atoms with van der Waals surface area (Å²) in [6, 6.07) is 6.14. The summed E-state index contributed by atoms with van der Waals surface area (Å²) in [5.41, 5.74) is 5.18. The van der Waals surface area contributed by atoms with E-state index in [4.69, 9.17) is 0 Å². The van der Waals surface area contributed by atoms with Gasteiger partial charge in [0.2, 0.25) is 5.69 Å². The van der Waals surface area contributed by atoms with Crippen molar-refractivity contribution < 1.29 is 4.57 Å². The molecule has 0 N–H and O–H groups in total. The van der Waals surface area contributed by atoms with Crippen LogP contribution in [0.5, 0.6) is 0 Å². The standard InChI is InChI=1S/C11H10N/c1-2-10-6-5-9-12-8-4-3-7-11(10)12/h3-8H,1,9H2/q+1.